The summed E-state index contributed by atoms with van der Waals surface area (Å²) < 4.78 is 31.8. The third-order valence-electron chi connectivity index (χ3n) is 4.82. The Morgan fingerprint density at radius 1 is 0.897 bits per heavy atom. The van der Waals surface area contributed by atoms with Gasteiger partial charge in [-0.2, -0.15) is 8.42 Å². The number of aliphatic hydroxyl groups is 1. The van der Waals surface area contributed by atoms with E-state index >= 15 is 0 Å². The molecule has 0 fully saturated rings. The lowest BCUT2D eigenvalue weighted by atomic mass is 10.0. The lowest BCUT2D eigenvalue weighted by Crippen LogP contribution is -2.22. The second kappa shape index (κ2) is 17.8. The second-order valence-corrected chi connectivity index (χ2v) is 8.87. The normalized spacial score (nSPS) is 12.3. The fourth-order valence-corrected chi connectivity index (χ4v) is 3.83. The summed E-state index contributed by atoms with van der Waals surface area (Å²) in [5.74, 6) is 0. The van der Waals surface area contributed by atoms with Crippen LogP contribution in [0.3, 0.4) is 0 Å². The van der Waals surface area contributed by atoms with Crippen LogP contribution in [0.15, 0.2) is 29.2 Å². The largest absolute Gasteiger partial charge is 0.392 e. The fourth-order valence-electron chi connectivity index (χ4n) is 3.08. The van der Waals surface area contributed by atoms with Gasteiger partial charge in [-0.05, 0) is 37.4 Å². The minimum Gasteiger partial charge on any atom is -0.392 e. The van der Waals surface area contributed by atoms with E-state index in [9.17, 15) is 13.0 Å². The van der Waals surface area contributed by atoms with Gasteiger partial charge in [-0.15, -0.1) is 0 Å². The Bertz CT molecular complexity index is 609. The molecule has 1 rings (SSSR count). The van der Waals surface area contributed by atoms with E-state index in [2.05, 4.69) is 6.92 Å². The van der Waals surface area contributed by atoms with E-state index in [1.165, 1.54) is 57.4 Å². The van der Waals surface area contributed by atoms with Gasteiger partial charge in [0.1, 0.15) is 0 Å². The molecule has 170 valence electrons. The van der Waals surface area contributed by atoms with Crippen LogP contribution in [0.25, 0.3) is 0 Å². The molecule has 0 heterocycles. The highest BCUT2D eigenvalue weighted by Crippen LogP contribution is 2.18. The van der Waals surface area contributed by atoms with Crippen molar-refractivity contribution in [1.82, 2.24) is 0 Å². The number of rotatable bonds is 15. The number of hydrogen-bond acceptors (Lipinski definition) is 5. The van der Waals surface area contributed by atoms with Crippen LogP contribution < -0.4 is 11.5 Å². The topological polar surface area (TPSA) is 127 Å². The summed E-state index contributed by atoms with van der Waals surface area (Å²) in [7, 11) is -4.10. The minimum absolute atomic E-state index is 0.0610. The number of aliphatic hydroxyl groups excluding tert-OH is 1. The van der Waals surface area contributed by atoms with E-state index in [1.807, 2.05) is 6.07 Å². The monoisotopic (exact) mass is 430 g/mol. The average molecular weight is 431 g/mol. The van der Waals surface area contributed by atoms with Crippen molar-refractivity contribution in [2.75, 3.05) is 13.1 Å². The van der Waals surface area contributed by atoms with E-state index in [1.54, 1.807) is 12.1 Å². The molecule has 7 heteroatoms. The van der Waals surface area contributed by atoms with Gasteiger partial charge < -0.3 is 16.6 Å². The Morgan fingerprint density at radius 2 is 1.41 bits per heavy atom. The van der Waals surface area contributed by atoms with Crippen molar-refractivity contribution >= 4 is 10.1 Å². The fraction of sp³-hybridized carbons (Fsp3) is 0.727. The standard InChI is InChI=1S/C18H30O3S.C4H12N2O/c1-2-3-4-5-6-7-8-9-10-11-14-17-15-12-13-16-18(17)22(19,20)21;5-2-1-4(7)3-6/h12-13,15-16H,2-11,14H2,1H3,(H,19,20,21);4,7H,1-3,5-6H2. The molecule has 1 aromatic carbocycles. The lowest BCUT2D eigenvalue weighted by Gasteiger charge is -2.07. The molecule has 1 aromatic rings. The number of nitrogens with two attached hydrogens (primary N) is 2. The second-order valence-electron chi connectivity index (χ2n) is 7.48. The van der Waals surface area contributed by atoms with E-state index in [-0.39, 0.29) is 4.90 Å². The Balaban J connectivity index is 0.000000956. The first kappa shape index (κ1) is 28.0. The molecule has 6 nitrogen and oxygen atoms in total. The highest BCUT2D eigenvalue weighted by molar-refractivity contribution is 7.85. The van der Waals surface area contributed by atoms with Crippen LogP contribution in [0.2, 0.25) is 0 Å². The molecule has 0 radical (unpaired) electrons. The summed E-state index contributed by atoms with van der Waals surface area (Å²) in [4.78, 5) is 0.0610. The van der Waals surface area contributed by atoms with Gasteiger partial charge in [0.15, 0.2) is 0 Å². The van der Waals surface area contributed by atoms with Gasteiger partial charge in [-0.3, -0.25) is 4.55 Å². The van der Waals surface area contributed by atoms with Gasteiger partial charge in [-0.25, -0.2) is 0 Å². The summed E-state index contributed by atoms with van der Waals surface area (Å²) in [6.45, 7) is 3.07. The van der Waals surface area contributed by atoms with Crippen LogP contribution in [0.5, 0.6) is 0 Å². The summed E-state index contributed by atoms with van der Waals surface area (Å²) >= 11 is 0. The van der Waals surface area contributed by atoms with Gasteiger partial charge in [0, 0.05) is 6.54 Å². The number of unbranched alkanes of at least 4 members (excludes halogenated alkanes) is 9. The zero-order chi connectivity index (χ0) is 22.0. The van der Waals surface area contributed by atoms with Crippen molar-refractivity contribution in [1.29, 1.82) is 0 Å². The van der Waals surface area contributed by atoms with E-state index < -0.39 is 16.2 Å². The summed E-state index contributed by atoms with van der Waals surface area (Å²) in [5, 5.41) is 8.65. The van der Waals surface area contributed by atoms with E-state index in [0.717, 1.165) is 18.4 Å². The number of benzene rings is 1. The summed E-state index contributed by atoms with van der Waals surface area (Å²) in [6.07, 6.45) is 13.5. The lowest BCUT2D eigenvalue weighted by molar-refractivity contribution is 0.175. The molecule has 0 aliphatic heterocycles. The van der Waals surface area contributed by atoms with E-state index in [4.69, 9.17) is 16.6 Å². The molecule has 0 aliphatic rings. The molecule has 0 aromatic heterocycles. The first-order valence-electron chi connectivity index (χ1n) is 11.0. The van der Waals surface area contributed by atoms with Crippen LogP contribution in [0, 0.1) is 0 Å². The van der Waals surface area contributed by atoms with Gasteiger partial charge >= 0.3 is 0 Å². The maximum absolute atomic E-state index is 11.3. The average Bonchev–Trinajstić information content (AvgIpc) is 2.69. The maximum atomic E-state index is 11.3. The van der Waals surface area contributed by atoms with Gasteiger partial charge in [0.2, 0.25) is 0 Å². The Hall–Kier alpha value is -0.990. The minimum atomic E-state index is -4.10. The maximum Gasteiger partial charge on any atom is 0.294 e. The molecule has 0 bridgehead atoms. The molecule has 1 atom stereocenters. The molecule has 0 spiro atoms. The highest BCUT2D eigenvalue weighted by Gasteiger charge is 2.13. The van der Waals surface area contributed by atoms with Crippen LogP contribution in [0.4, 0.5) is 0 Å². The van der Waals surface area contributed by atoms with Gasteiger partial charge in [0.25, 0.3) is 10.1 Å². The third kappa shape index (κ3) is 15.5. The molecule has 1 unspecified atom stereocenters. The van der Waals surface area contributed by atoms with Crippen molar-refractivity contribution in [2.45, 2.75) is 95.0 Å². The molecular formula is C22H42N2O4S. The first-order chi connectivity index (χ1) is 13.9. The summed E-state index contributed by atoms with van der Waals surface area (Å²) in [5.41, 5.74) is 10.9. The third-order valence-corrected chi connectivity index (χ3v) is 5.78. The smallest absolute Gasteiger partial charge is 0.294 e. The van der Waals surface area contributed by atoms with Crippen LogP contribution in [-0.2, 0) is 16.5 Å². The van der Waals surface area contributed by atoms with Crippen molar-refractivity contribution in [3.8, 4) is 0 Å². The molecule has 0 saturated heterocycles. The molecule has 0 aliphatic carbocycles. The van der Waals surface area contributed by atoms with Crippen LogP contribution in [-0.4, -0.2) is 37.3 Å². The van der Waals surface area contributed by atoms with Gasteiger partial charge in [0.05, 0.1) is 11.0 Å². The number of aryl methyl sites for hydroxylation is 1. The molecule has 29 heavy (non-hydrogen) atoms. The van der Waals surface area contributed by atoms with Crippen molar-refractivity contribution in [3.05, 3.63) is 29.8 Å². The SMILES string of the molecule is CCCCCCCCCCCCc1ccccc1S(=O)(=O)O.NCCC(O)CN. The quantitative estimate of drug-likeness (QED) is 0.245. The van der Waals surface area contributed by atoms with Gasteiger partial charge in [-0.1, -0.05) is 82.9 Å². The Morgan fingerprint density at radius 3 is 1.86 bits per heavy atom. The molecule has 0 amide bonds. The predicted octanol–water partition coefficient (Wildman–Crippen LogP) is 4.05. The van der Waals surface area contributed by atoms with Crippen LogP contribution >= 0.6 is 0 Å². The molecular weight excluding hydrogens is 388 g/mol. The van der Waals surface area contributed by atoms with Crippen molar-refractivity contribution in [2.24, 2.45) is 11.5 Å². The van der Waals surface area contributed by atoms with Crippen molar-refractivity contribution < 1.29 is 18.1 Å². The van der Waals surface area contributed by atoms with Crippen molar-refractivity contribution in [3.63, 3.8) is 0 Å². The highest BCUT2D eigenvalue weighted by atomic mass is 32.2. The molecule has 6 N–H and O–H groups in total. The van der Waals surface area contributed by atoms with E-state index in [0.29, 0.717) is 25.9 Å². The molecule has 0 saturated carbocycles. The predicted molar refractivity (Wildman–Crippen MR) is 121 cm³/mol. The zero-order valence-corrected chi connectivity index (χ0v) is 18.9. The Kier molecular flexibility index (Phi) is 17.2. The van der Waals surface area contributed by atoms with Crippen LogP contribution in [0.1, 0.15) is 83.1 Å². The first-order valence-corrected chi connectivity index (χ1v) is 12.4. The number of hydrogen-bond donors (Lipinski definition) is 4. The zero-order valence-electron chi connectivity index (χ0n) is 18.1. The summed E-state index contributed by atoms with van der Waals surface area (Å²) in [6, 6.07) is 6.73. The Labute approximate surface area is 177 Å².